The monoisotopic (exact) mass is 271 g/mol. The molecule has 1 aromatic rings. The molecule has 0 spiro atoms. The maximum Gasteiger partial charge on any atom is 0.142 e. The second kappa shape index (κ2) is 4.62. The predicted molar refractivity (Wildman–Crippen MR) is 63.4 cm³/mol. The molecule has 82 valence electrons. The van der Waals surface area contributed by atoms with E-state index in [1.165, 1.54) is 12.8 Å². The van der Waals surface area contributed by atoms with Gasteiger partial charge in [0.15, 0.2) is 0 Å². The van der Waals surface area contributed by atoms with Crippen LogP contribution >= 0.6 is 15.9 Å². The molecule has 0 radical (unpaired) electrons. The molecule has 0 bridgehead atoms. The second-order valence-electron chi connectivity index (χ2n) is 4.15. The van der Waals surface area contributed by atoms with Crippen molar-refractivity contribution in [3.8, 4) is 0 Å². The van der Waals surface area contributed by atoms with Gasteiger partial charge in [0.05, 0.1) is 4.47 Å². The van der Waals surface area contributed by atoms with Crippen LogP contribution in [0.2, 0.25) is 0 Å². The SMILES string of the molecule is Cc1cc(Br)c(F)c(C2CCCCN2)c1. The molecule has 0 amide bonds. The number of nitrogens with one attached hydrogen (secondary N) is 1. The third-order valence-corrected chi connectivity index (χ3v) is 3.46. The summed E-state index contributed by atoms with van der Waals surface area (Å²) in [6.45, 7) is 2.99. The maximum absolute atomic E-state index is 13.9. The largest absolute Gasteiger partial charge is 0.310 e. The zero-order valence-corrected chi connectivity index (χ0v) is 10.4. The smallest absolute Gasteiger partial charge is 0.142 e. The topological polar surface area (TPSA) is 12.0 Å². The molecule has 1 nitrogen and oxygen atoms in total. The van der Waals surface area contributed by atoms with Crippen LogP contribution in [0.25, 0.3) is 0 Å². The van der Waals surface area contributed by atoms with E-state index in [-0.39, 0.29) is 11.9 Å². The highest BCUT2D eigenvalue weighted by Gasteiger charge is 2.19. The molecule has 1 atom stereocenters. The summed E-state index contributed by atoms with van der Waals surface area (Å²) in [6.07, 6.45) is 3.42. The Morgan fingerprint density at radius 3 is 2.87 bits per heavy atom. The van der Waals surface area contributed by atoms with Crippen LogP contribution in [0.4, 0.5) is 4.39 Å². The Morgan fingerprint density at radius 1 is 1.40 bits per heavy atom. The van der Waals surface area contributed by atoms with Crippen LogP contribution in [-0.2, 0) is 0 Å². The van der Waals surface area contributed by atoms with Gasteiger partial charge >= 0.3 is 0 Å². The first-order valence-electron chi connectivity index (χ1n) is 5.37. The third kappa shape index (κ3) is 2.40. The van der Waals surface area contributed by atoms with E-state index in [1.807, 2.05) is 19.1 Å². The van der Waals surface area contributed by atoms with Crippen LogP contribution in [0.1, 0.15) is 36.4 Å². The molecule has 1 aliphatic heterocycles. The van der Waals surface area contributed by atoms with Gasteiger partial charge in [-0.25, -0.2) is 4.39 Å². The highest BCUT2D eigenvalue weighted by molar-refractivity contribution is 9.10. The molecule has 0 aromatic heterocycles. The number of aryl methyl sites for hydroxylation is 1. The zero-order chi connectivity index (χ0) is 10.8. The molecule has 1 N–H and O–H groups in total. The lowest BCUT2D eigenvalue weighted by atomic mass is 9.96. The molecular formula is C12H15BrFN. The molecule has 15 heavy (non-hydrogen) atoms. The van der Waals surface area contributed by atoms with Gasteiger partial charge in [0.1, 0.15) is 5.82 Å². The molecule has 2 rings (SSSR count). The number of halogens is 2. The summed E-state index contributed by atoms with van der Waals surface area (Å²) < 4.78 is 14.5. The van der Waals surface area contributed by atoms with E-state index >= 15 is 0 Å². The summed E-state index contributed by atoms with van der Waals surface area (Å²) in [4.78, 5) is 0. The number of rotatable bonds is 1. The number of benzene rings is 1. The van der Waals surface area contributed by atoms with Gasteiger partial charge in [0.25, 0.3) is 0 Å². The minimum Gasteiger partial charge on any atom is -0.310 e. The third-order valence-electron chi connectivity index (χ3n) is 2.89. The average molecular weight is 272 g/mol. The minimum atomic E-state index is -0.111. The van der Waals surface area contributed by atoms with Gasteiger partial charge in [-0.1, -0.05) is 12.5 Å². The molecule has 1 unspecified atom stereocenters. The Bertz CT molecular complexity index is 359. The molecule has 3 heteroatoms. The van der Waals surface area contributed by atoms with E-state index in [0.29, 0.717) is 4.47 Å². The van der Waals surface area contributed by atoms with Gasteiger partial charge in [-0.3, -0.25) is 0 Å². The molecule has 1 fully saturated rings. The first-order valence-corrected chi connectivity index (χ1v) is 6.16. The van der Waals surface area contributed by atoms with E-state index in [9.17, 15) is 4.39 Å². The van der Waals surface area contributed by atoms with E-state index in [4.69, 9.17) is 0 Å². The highest BCUT2D eigenvalue weighted by Crippen LogP contribution is 2.29. The van der Waals surface area contributed by atoms with Crippen molar-refractivity contribution < 1.29 is 4.39 Å². The molecule has 1 aliphatic rings. The van der Waals surface area contributed by atoms with Crippen LogP contribution in [0.5, 0.6) is 0 Å². The van der Waals surface area contributed by atoms with Crippen molar-refractivity contribution in [2.45, 2.75) is 32.2 Å². The molecule has 1 heterocycles. The van der Waals surface area contributed by atoms with Gasteiger partial charge in [0.2, 0.25) is 0 Å². The Hall–Kier alpha value is -0.410. The molecule has 1 aromatic carbocycles. The summed E-state index contributed by atoms with van der Waals surface area (Å²) in [5.74, 6) is -0.111. The van der Waals surface area contributed by atoms with Gasteiger partial charge in [-0.05, 0) is 53.9 Å². The van der Waals surface area contributed by atoms with Gasteiger partial charge in [-0.2, -0.15) is 0 Å². The molecular weight excluding hydrogens is 257 g/mol. The summed E-state index contributed by atoms with van der Waals surface area (Å²) in [7, 11) is 0. The first-order chi connectivity index (χ1) is 7.18. The fourth-order valence-corrected chi connectivity index (χ4v) is 2.71. The standard InChI is InChI=1S/C12H15BrFN/c1-8-6-9(12(14)10(13)7-8)11-4-2-3-5-15-11/h6-7,11,15H,2-5H2,1H3. The lowest BCUT2D eigenvalue weighted by Crippen LogP contribution is -2.27. The van der Waals surface area contributed by atoms with E-state index in [1.54, 1.807) is 0 Å². The van der Waals surface area contributed by atoms with Gasteiger partial charge < -0.3 is 5.32 Å². The first kappa shape index (κ1) is 11.1. The van der Waals surface area contributed by atoms with Crippen molar-refractivity contribution in [2.24, 2.45) is 0 Å². The van der Waals surface area contributed by atoms with Crippen LogP contribution < -0.4 is 5.32 Å². The number of piperidine rings is 1. The van der Waals surface area contributed by atoms with Crippen molar-refractivity contribution in [2.75, 3.05) is 6.54 Å². The van der Waals surface area contributed by atoms with Crippen molar-refractivity contribution in [3.63, 3.8) is 0 Å². The highest BCUT2D eigenvalue weighted by atomic mass is 79.9. The number of hydrogen-bond acceptors (Lipinski definition) is 1. The van der Waals surface area contributed by atoms with Gasteiger partial charge in [0, 0.05) is 11.6 Å². The lowest BCUT2D eigenvalue weighted by Gasteiger charge is -2.24. The lowest BCUT2D eigenvalue weighted by molar-refractivity contribution is 0.399. The van der Waals surface area contributed by atoms with E-state index in [0.717, 1.165) is 24.1 Å². The molecule has 1 saturated heterocycles. The Morgan fingerprint density at radius 2 is 2.20 bits per heavy atom. The second-order valence-corrected chi connectivity index (χ2v) is 5.01. The van der Waals surface area contributed by atoms with Gasteiger partial charge in [-0.15, -0.1) is 0 Å². The van der Waals surface area contributed by atoms with Crippen molar-refractivity contribution in [1.82, 2.24) is 5.32 Å². The summed E-state index contributed by atoms with van der Waals surface area (Å²) in [5, 5.41) is 3.37. The Balaban J connectivity index is 2.33. The summed E-state index contributed by atoms with van der Waals surface area (Å²) in [6, 6.07) is 3.96. The van der Waals surface area contributed by atoms with Crippen molar-refractivity contribution in [3.05, 3.63) is 33.5 Å². The van der Waals surface area contributed by atoms with Crippen molar-refractivity contribution in [1.29, 1.82) is 0 Å². The normalized spacial score (nSPS) is 21.7. The zero-order valence-electron chi connectivity index (χ0n) is 8.82. The molecule has 0 saturated carbocycles. The van der Waals surface area contributed by atoms with E-state index < -0.39 is 0 Å². The summed E-state index contributed by atoms with van der Waals surface area (Å²) in [5.41, 5.74) is 1.91. The number of hydrogen-bond donors (Lipinski definition) is 1. The minimum absolute atomic E-state index is 0.111. The van der Waals surface area contributed by atoms with Crippen molar-refractivity contribution >= 4 is 15.9 Å². The Kier molecular flexibility index (Phi) is 3.42. The predicted octanol–water partition coefficient (Wildman–Crippen LogP) is 3.71. The quantitative estimate of drug-likeness (QED) is 0.821. The van der Waals surface area contributed by atoms with Crippen LogP contribution in [0, 0.1) is 12.7 Å². The maximum atomic E-state index is 13.9. The summed E-state index contributed by atoms with van der Waals surface area (Å²) >= 11 is 3.26. The fraction of sp³-hybridized carbons (Fsp3) is 0.500. The van der Waals surface area contributed by atoms with Crippen LogP contribution in [-0.4, -0.2) is 6.54 Å². The Labute approximate surface area is 98.2 Å². The van der Waals surface area contributed by atoms with Crippen LogP contribution in [0.3, 0.4) is 0 Å². The van der Waals surface area contributed by atoms with E-state index in [2.05, 4.69) is 21.2 Å². The van der Waals surface area contributed by atoms with Crippen LogP contribution in [0.15, 0.2) is 16.6 Å². The molecule has 0 aliphatic carbocycles. The fourth-order valence-electron chi connectivity index (χ4n) is 2.12. The average Bonchev–Trinajstić information content (AvgIpc) is 2.24.